The minimum absolute atomic E-state index is 0.151. The first-order valence-electron chi connectivity index (χ1n) is 5.82. The van der Waals surface area contributed by atoms with Gasteiger partial charge in [-0.2, -0.15) is 0 Å². The molecule has 1 aromatic carbocycles. The molecule has 0 bridgehead atoms. The molecule has 94 valence electrons. The SMILES string of the molecule is C=C(C)C(NCCC)c1ccc(Br)cc1OC. The molecule has 1 rings (SSSR count). The van der Waals surface area contributed by atoms with Crippen molar-refractivity contribution < 1.29 is 4.74 Å². The third-order valence-corrected chi connectivity index (χ3v) is 3.09. The van der Waals surface area contributed by atoms with Crippen LogP contribution in [0.3, 0.4) is 0 Å². The van der Waals surface area contributed by atoms with Crippen LogP contribution < -0.4 is 10.1 Å². The zero-order valence-corrected chi connectivity index (χ0v) is 12.3. The maximum Gasteiger partial charge on any atom is 0.125 e. The highest BCUT2D eigenvalue weighted by Gasteiger charge is 2.16. The molecule has 1 aromatic rings. The van der Waals surface area contributed by atoms with Crippen molar-refractivity contribution in [1.82, 2.24) is 5.32 Å². The Labute approximate surface area is 112 Å². The van der Waals surface area contributed by atoms with Crippen molar-refractivity contribution in [2.75, 3.05) is 13.7 Å². The zero-order chi connectivity index (χ0) is 12.8. The molecule has 17 heavy (non-hydrogen) atoms. The van der Waals surface area contributed by atoms with Gasteiger partial charge in [0, 0.05) is 10.0 Å². The third kappa shape index (κ3) is 3.86. The minimum atomic E-state index is 0.151. The van der Waals surface area contributed by atoms with Crippen molar-refractivity contribution in [3.63, 3.8) is 0 Å². The average Bonchev–Trinajstić information content (AvgIpc) is 2.30. The Morgan fingerprint density at radius 2 is 2.24 bits per heavy atom. The summed E-state index contributed by atoms with van der Waals surface area (Å²) in [5.41, 5.74) is 2.23. The number of methoxy groups -OCH3 is 1. The largest absolute Gasteiger partial charge is 0.496 e. The first-order chi connectivity index (χ1) is 8.10. The molecule has 0 aromatic heterocycles. The van der Waals surface area contributed by atoms with Gasteiger partial charge in [-0.05, 0) is 32.0 Å². The standard InChI is InChI=1S/C14H20BrNO/c1-5-8-16-14(10(2)3)12-7-6-11(15)9-13(12)17-4/h6-7,9,14,16H,2,5,8H2,1,3-4H3. The fourth-order valence-electron chi connectivity index (χ4n) is 1.76. The van der Waals surface area contributed by atoms with Gasteiger partial charge in [-0.3, -0.25) is 0 Å². The molecule has 3 heteroatoms. The summed E-state index contributed by atoms with van der Waals surface area (Å²) in [7, 11) is 1.70. The van der Waals surface area contributed by atoms with E-state index in [1.165, 1.54) is 0 Å². The van der Waals surface area contributed by atoms with Crippen molar-refractivity contribution in [2.24, 2.45) is 0 Å². The molecule has 0 heterocycles. The van der Waals surface area contributed by atoms with Gasteiger partial charge in [-0.25, -0.2) is 0 Å². The van der Waals surface area contributed by atoms with E-state index in [1.807, 2.05) is 19.1 Å². The molecule has 0 radical (unpaired) electrons. The van der Waals surface area contributed by atoms with Crippen LogP contribution in [0, 0.1) is 0 Å². The van der Waals surface area contributed by atoms with E-state index in [0.29, 0.717) is 0 Å². The summed E-state index contributed by atoms with van der Waals surface area (Å²) in [5.74, 6) is 0.885. The second-order valence-corrected chi connectivity index (χ2v) is 5.04. The molecule has 0 spiro atoms. The van der Waals surface area contributed by atoms with Crippen LogP contribution in [0.1, 0.15) is 31.9 Å². The predicted octanol–water partition coefficient (Wildman–Crippen LogP) is 4.07. The van der Waals surface area contributed by atoms with E-state index in [2.05, 4.69) is 40.8 Å². The van der Waals surface area contributed by atoms with E-state index in [-0.39, 0.29) is 6.04 Å². The lowest BCUT2D eigenvalue weighted by Crippen LogP contribution is -2.23. The summed E-state index contributed by atoms with van der Waals surface area (Å²) < 4.78 is 6.45. The van der Waals surface area contributed by atoms with Crippen molar-refractivity contribution in [3.8, 4) is 5.75 Å². The van der Waals surface area contributed by atoms with Gasteiger partial charge in [0.1, 0.15) is 5.75 Å². The first kappa shape index (κ1) is 14.3. The maximum atomic E-state index is 5.43. The van der Waals surface area contributed by atoms with Crippen LogP contribution >= 0.6 is 15.9 Å². The van der Waals surface area contributed by atoms with E-state index in [4.69, 9.17) is 4.74 Å². The van der Waals surface area contributed by atoms with Gasteiger partial charge in [-0.15, -0.1) is 0 Å². The fraction of sp³-hybridized carbons (Fsp3) is 0.429. The highest BCUT2D eigenvalue weighted by molar-refractivity contribution is 9.10. The second kappa shape index (κ2) is 6.82. The Kier molecular flexibility index (Phi) is 5.72. The van der Waals surface area contributed by atoms with Crippen molar-refractivity contribution in [2.45, 2.75) is 26.3 Å². The maximum absolute atomic E-state index is 5.43. The quantitative estimate of drug-likeness (QED) is 0.799. The average molecular weight is 298 g/mol. The van der Waals surface area contributed by atoms with Gasteiger partial charge in [0.15, 0.2) is 0 Å². The first-order valence-corrected chi connectivity index (χ1v) is 6.61. The van der Waals surface area contributed by atoms with Crippen LogP contribution in [0.2, 0.25) is 0 Å². The molecule has 0 fully saturated rings. The summed E-state index contributed by atoms with van der Waals surface area (Å²) in [4.78, 5) is 0. The smallest absolute Gasteiger partial charge is 0.125 e. The Bertz CT molecular complexity index is 390. The fourth-order valence-corrected chi connectivity index (χ4v) is 2.10. The minimum Gasteiger partial charge on any atom is -0.496 e. The second-order valence-electron chi connectivity index (χ2n) is 4.12. The molecular formula is C14H20BrNO. The van der Waals surface area contributed by atoms with Crippen molar-refractivity contribution in [1.29, 1.82) is 0 Å². The zero-order valence-electron chi connectivity index (χ0n) is 10.7. The van der Waals surface area contributed by atoms with E-state index >= 15 is 0 Å². The van der Waals surface area contributed by atoms with Crippen LogP contribution in [0.15, 0.2) is 34.8 Å². The number of halogens is 1. The summed E-state index contributed by atoms with van der Waals surface area (Å²) >= 11 is 3.45. The normalized spacial score (nSPS) is 12.2. The predicted molar refractivity (Wildman–Crippen MR) is 76.5 cm³/mol. The van der Waals surface area contributed by atoms with Gasteiger partial charge in [0.25, 0.3) is 0 Å². The topological polar surface area (TPSA) is 21.3 Å². The molecule has 0 aliphatic rings. The van der Waals surface area contributed by atoms with Crippen LogP contribution in [0.25, 0.3) is 0 Å². The molecule has 1 atom stereocenters. The number of rotatable bonds is 6. The van der Waals surface area contributed by atoms with Crippen LogP contribution in [0.4, 0.5) is 0 Å². The van der Waals surface area contributed by atoms with Crippen LogP contribution in [-0.4, -0.2) is 13.7 Å². The molecule has 2 nitrogen and oxygen atoms in total. The number of hydrogen-bond acceptors (Lipinski definition) is 2. The van der Waals surface area contributed by atoms with Gasteiger partial charge in [0.2, 0.25) is 0 Å². The Balaban J connectivity index is 3.04. The van der Waals surface area contributed by atoms with Gasteiger partial charge < -0.3 is 10.1 Å². The summed E-state index contributed by atoms with van der Waals surface area (Å²) in [6.45, 7) is 9.21. The third-order valence-electron chi connectivity index (χ3n) is 2.60. The molecule has 0 aliphatic carbocycles. The van der Waals surface area contributed by atoms with Crippen molar-refractivity contribution >= 4 is 15.9 Å². The molecule has 0 aliphatic heterocycles. The van der Waals surface area contributed by atoms with E-state index < -0.39 is 0 Å². The number of ether oxygens (including phenoxy) is 1. The molecular weight excluding hydrogens is 278 g/mol. The molecule has 0 saturated heterocycles. The van der Waals surface area contributed by atoms with Gasteiger partial charge >= 0.3 is 0 Å². The molecule has 1 unspecified atom stereocenters. The Morgan fingerprint density at radius 1 is 1.53 bits per heavy atom. The summed E-state index contributed by atoms with van der Waals surface area (Å²) in [5, 5.41) is 3.48. The van der Waals surface area contributed by atoms with E-state index in [1.54, 1.807) is 7.11 Å². The lowest BCUT2D eigenvalue weighted by atomic mass is 10.00. The van der Waals surface area contributed by atoms with Crippen LogP contribution in [0.5, 0.6) is 5.75 Å². The Morgan fingerprint density at radius 3 is 2.76 bits per heavy atom. The number of benzene rings is 1. The highest BCUT2D eigenvalue weighted by atomic mass is 79.9. The summed E-state index contributed by atoms with van der Waals surface area (Å²) in [6.07, 6.45) is 1.10. The lowest BCUT2D eigenvalue weighted by Gasteiger charge is -2.21. The van der Waals surface area contributed by atoms with E-state index in [0.717, 1.165) is 34.3 Å². The number of nitrogens with one attached hydrogen (secondary N) is 1. The summed E-state index contributed by atoms with van der Waals surface area (Å²) in [6, 6.07) is 6.24. The van der Waals surface area contributed by atoms with Crippen LogP contribution in [-0.2, 0) is 0 Å². The molecule has 0 saturated carbocycles. The monoisotopic (exact) mass is 297 g/mol. The van der Waals surface area contributed by atoms with Gasteiger partial charge in [0.05, 0.1) is 13.2 Å². The van der Waals surface area contributed by atoms with E-state index in [9.17, 15) is 0 Å². The lowest BCUT2D eigenvalue weighted by molar-refractivity contribution is 0.403. The van der Waals surface area contributed by atoms with Gasteiger partial charge in [-0.1, -0.05) is 41.1 Å². The molecule has 1 N–H and O–H groups in total. The number of hydrogen-bond donors (Lipinski definition) is 1. The molecule has 0 amide bonds. The highest BCUT2D eigenvalue weighted by Crippen LogP contribution is 2.31. The van der Waals surface area contributed by atoms with Crippen molar-refractivity contribution in [3.05, 3.63) is 40.4 Å². The Hall–Kier alpha value is -0.800.